The Morgan fingerprint density at radius 1 is 1.08 bits per heavy atom. The zero-order valence-corrected chi connectivity index (χ0v) is 20.2. The molecule has 0 saturated carbocycles. The zero-order valence-electron chi connectivity index (χ0n) is 20.2. The molecule has 1 fully saturated rings. The third-order valence-corrected chi connectivity index (χ3v) is 6.47. The van der Waals surface area contributed by atoms with Gasteiger partial charge in [-0.25, -0.2) is 4.98 Å². The van der Waals surface area contributed by atoms with Crippen LogP contribution in [0.5, 0.6) is 0 Å². The molecule has 1 aromatic heterocycles. The molecule has 1 saturated heterocycles. The molecule has 2 heterocycles. The molecule has 1 aliphatic rings. The van der Waals surface area contributed by atoms with Crippen molar-refractivity contribution in [1.29, 1.82) is 5.26 Å². The van der Waals surface area contributed by atoms with Gasteiger partial charge in [0.05, 0.1) is 23.8 Å². The standard InChI is InChI=1S/C28H29N5O3/c1-19-2-5-23(16-25(19)32-27(35)24-8-9-26(31-18-24)30-12-15-34)28(36)33-13-10-22(11-14-33)21-6-3-20(17-29)4-7-21/h2-9,16,18,22,34H,10-15H2,1H3,(H,30,31)(H,32,35). The van der Waals surface area contributed by atoms with E-state index in [2.05, 4.69) is 21.7 Å². The molecule has 184 valence electrons. The summed E-state index contributed by atoms with van der Waals surface area (Å²) < 4.78 is 0. The number of pyridine rings is 1. The Balaban J connectivity index is 1.38. The molecule has 0 bridgehead atoms. The van der Waals surface area contributed by atoms with Crippen LogP contribution in [0, 0.1) is 18.3 Å². The fourth-order valence-electron chi connectivity index (χ4n) is 4.33. The fraction of sp³-hybridized carbons (Fsp3) is 0.286. The maximum Gasteiger partial charge on any atom is 0.257 e. The minimum Gasteiger partial charge on any atom is -0.395 e. The van der Waals surface area contributed by atoms with Crippen LogP contribution in [0.15, 0.2) is 60.8 Å². The van der Waals surface area contributed by atoms with Crippen molar-refractivity contribution in [3.63, 3.8) is 0 Å². The molecule has 0 aliphatic carbocycles. The van der Waals surface area contributed by atoms with Gasteiger partial charge >= 0.3 is 0 Å². The number of carbonyl (C=O) groups is 2. The van der Waals surface area contributed by atoms with E-state index in [1.807, 2.05) is 42.2 Å². The van der Waals surface area contributed by atoms with Crippen molar-refractivity contribution < 1.29 is 14.7 Å². The van der Waals surface area contributed by atoms with Gasteiger partial charge in [0.2, 0.25) is 0 Å². The van der Waals surface area contributed by atoms with Crippen LogP contribution in [0.25, 0.3) is 0 Å². The molecular formula is C28H29N5O3. The fourth-order valence-corrected chi connectivity index (χ4v) is 4.33. The minimum absolute atomic E-state index is 0.00655. The number of anilines is 2. The van der Waals surface area contributed by atoms with E-state index in [9.17, 15) is 9.59 Å². The summed E-state index contributed by atoms with van der Waals surface area (Å²) in [7, 11) is 0. The van der Waals surface area contributed by atoms with Crippen molar-refractivity contribution in [3.8, 4) is 6.07 Å². The van der Waals surface area contributed by atoms with E-state index in [1.54, 1.807) is 24.3 Å². The van der Waals surface area contributed by atoms with Gasteiger partial charge in [0.15, 0.2) is 0 Å². The van der Waals surface area contributed by atoms with Crippen molar-refractivity contribution in [2.24, 2.45) is 0 Å². The number of hydrogen-bond donors (Lipinski definition) is 3. The van der Waals surface area contributed by atoms with E-state index in [-0.39, 0.29) is 18.4 Å². The average Bonchev–Trinajstić information content (AvgIpc) is 2.93. The van der Waals surface area contributed by atoms with Crippen molar-refractivity contribution in [3.05, 3.63) is 88.6 Å². The summed E-state index contributed by atoms with van der Waals surface area (Å²) in [5.74, 6) is 0.581. The molecule has 36 heavy (non-hydrogen) atoms. The van der Waals surface area contributed by atoms with Crippen LogP contribution in [-0.2, 0) is 0 Å². The number of aryl methyl sites for hydroxylation is 1. The van der Waals surface area contributed by atoms with Gasteiger partial charge in [0.25, 0.3) is 11.8 Å². The SMILES string of the molecule is Cc1ccc(C(=O)N2CCC(c3ccc(C#N)cc3)CC2)cc1NC(=O)c1ccc(NCCO)nc1. The molecule has 0 spiro atoms. The number of rotatable bonds is 7. The van der Waals surface area contributed by atoms with Crippen molar-refractivity contribution >= 4 is 23.3 Å². The number of likely N-dealkylation sites (tertiary alicyclic amines) is 1. The van der Waals surface area contributed by atoms with Crippen molar-refractivity contribution in [2.45, 2.75) is 25.7 Å². The Labute approximate surface area is 210 Å². The Bertz CT molecular complexity index is 1260. The van der Waals surface area contributed by atoms with E-state index in [4.69, 9.17) is 10.4 Å². The normalized spacial score (nSPS) is 13.6. The first kappa shape index (κ1) is 24.9. The second-order valence-corrected chi connectivity index (χ2v) is 8.87. The number of aromatic nitrogens is 1. The molecule has 2 aromatic carbocycles. The van der Waals surface area contributed by atoms with Gasteiger partial charge in [-0.15, -0.1) is 0 Å². The zero-order chi connectivity index (χ0) is 25.5. The predicted octanol–water partition coefficient (Wildman–Crippen LogP) is 3.94. The van der Waals surface area contributed by atoms with E-state index in [0.29, 0.717) is 53.7 Å². The monoisotopic (exact) mass is 483 g/mol. The van der Waals surface area contributed by atoms with Crippen molar-refractivity contribution in [1.82, 2.24) is 9.88 Å². The first-order valence-electron chi connectivity index (χ1n) is 12.0. The highest BCUT2D eigenvalue weighted by Gasteiger charge is 2.25. The molecule has 3 aromatic rings. The van der Waals surface area contributed by atoms with E-state index in [0.717, 1.165) is 18.4 Å². The lowest BCUT2D eigenvalue weighted by Crippen LogP contribution is -2.38. The number of carbonyl (C=O) groups excluding carboxylic acids is 2. The van der Waals surface area contributed by atoms with Gasteiger partial charge in [-0.3, -0.25) is 9.59 Å². The van der Waals surface area contributed by atoms with Gasteiger partial charge in [-0.05, 0) is 73.2 Å². The number of nitriles is 1. The van der Waals surface area contributed by atoms with Gasteiger partial charge in [-0.2, -0.15) is 5.26 Å². The molecule has 0 unspecified atom stereocenters. The quantitative estimate of drug-likeness (QED) is 0.469. The first-order valence-corrected chi connectivity index (χ1v) is 12.0. The highest BCUT2D eigenvalue weighted by molar-refractivity contribution is 6.05. The number of hydrogen-bond acceptors (Lipinski definition) is 6. The number of aliphatic hydroxyl groups excluding tert-OH is 1. The number of nitrogens with zero attached hydrogens (tertiary/aromatic N) is 3. The van der Waals surface area contributed by atoms with Crippen LogP contribution < -0.4 is 10.6 Å². The van der Waals surface area contributed by atoms with Crippen LogP contribution in [0.4, 0.5) is 11.5 Å². The third kappa shape index (κ3) is 5.88. The second-order valence-electron chi connectivity index (χ2n) is 8.87. The Morgan fingerprint density at radius 2 is 1.81 bits per heavy atom. The minimum atomic E-state index is -0.313. The number of benzene rings is 2. The first-order chi connectivity index (χ1) is 17.5. The van der Waals surface area contributed by atoms with E-state index >= 15 is 0 Å². The van der Waals surface area contributed by atoms with Crippen LogP contribution in [0.2, 0.25) is 0 Å². The molecule has 0 atom stereocenters. The molecule has 3 N–H and O–H groups in total. The summed E-state index contributed by atoms with van der Waals surface area (Å²) >= 11 is 0. The van der Waals surface area contributed by atoms with Gasteiger partial charge in [-0.1, -0.05) is 18.2 Å². The largest absolute Gasteiger partial charge is 0.395 e. The third-order valence-electron chi connectivity index (χ3n) is 6.47. The highest BCUT2D eigenvalue weighted by atomic mass is 16.3. The number of amides is 2. The summed E-state index contributed by atoms with van der Waals surface area (Å²) in [6.45, 7) is 3.56. The molecule has 4 rings (SSSR count). The molecule has 2 amide bonds. The lowest BCUT2D eigenvalue weighted by Gasteiger charge is -2.32. The van der Waals surface area contributed by atoms with E-state index in [1.165, 1.54) is 11.8 Å². The van der Waals surface area contributed by atoms with Gasteiger partial charge in [0.1, 0.15) is 5.82 Å². The second kappa shape index (κ2) is 11.5. The lowest BCUT2D eigenvalue weighted by atomic mass is 9.89. The van der Waals surface area contributed by atoms with Gasteiger partial charge in [0, 0.05) is 37.1 Å². The molecule has 0 radical (unpaired) electrons. The molecular weight excluding hydrogens is 454 g/mol. The summed E-state index contributed by atoms with van der Waals surface area (Å²) in [6.07, 6.45) is 3.20. The van der Waals surface area contributed by atoms with Crippen LogP contribution in [0.3, 0.4) is 0 Å². The number of nitrogens with one attached hydrogen (secondary N) is 2. The smallest absolute Gasteiger partial charge is 0.257 e. The summed E-state index contributed by atoms with van der Waals surface area (Å²) in [5, 5.41) is 23.7. The maximum atomic E-state index is 13.2. The number of piperidine rings is 1. The Morgan fingerprint density at radius 3 is 2.44 bits per heavy atom. The van der Waals surface area contributed by atoms with Crippen LogP contribution >= 0.6 is 0 Å². The summed E-state index contributed by atoms with van der Waals surface area (Å²) in [5.41, 5.74) is 4.22. The molecule has 1 aliphatic heterocycles. The van der Waals surface area contributed by atoms with Gasteiger partial charge < -0.3 is 20.6 Å². The molecule has 8 nitrogen and oxygen atoms in total. The van der Waals surface area contributed by atoms with Crippen molar-refractivity contribution in [2.75, 3.05) is 36.9 Å². The van der Waals surface area contributed by atoms with Crippen LogP contribution in [-0.4, -0.2) is 53.0 Å². The molecule has 8 heteroatoms. The lowest BCUT2D eigenvalue weighted by molar-refractivity contribution is 0.0712. The predicted molar refractivity (Wildman–Crippen MR) is 138 cm³/mol. The average molecular weight is 484 g/mol. The number of aliphatic hydroxyl groups is 1. The topological polar surface area (TPSA) is 118 Å². The summed E-state index contributed by atoms with van der Waals surface area (Å²) in [6, 6.07) is 18.5. The highest BCUT2D eigenvalue weighted by Crippen LogP contribution is 2.29. The van der Waals surface area contributed by atoms with E-state index < -0.39 is 0 Å². The summed E-state index contributed by atoms with van der Waals surface area (Å²) in [4.78, 5) is 32.0. The maximum absolute atomic E-state index is 13.2. The Kier molecular flexibility index (Phi) is 7.93. The Hall–Kier alpha value is -4.22. The van der Waals surface area contributed by atoms with Crippen LogP contribution in [0.1, 0.15) is 56.2 Å².